The van der Waals surface area contributed by atoms with Crippen molar-refractivity contribution in [2.24, 2.45) is 0 Å². The molecule has 0 aromatic rings. The van der Waals surface area contributed by atoms with Gasteiger partial charge >= 0.3 is 0 Å². The molecule has 0 N–H and O–H groups in total. The molecule has 0 heterocycles. The molecule has 0 rings (SSSR count). The maximum absolute atomic E-state index is 11.0. The maximum atomic E-state index is 11.0. The van der Waals surface area contributed by atoms with E-state index in [0.717, 1.165) is 13.0 Å². The number of rotatable bonds is 5. The van der Waals surface area contributed by atoms with Gasteiger partial charge in [-0.25, -0.2) is 0 Å². The van der Waals surface area contributed by atoms with Crippen molar-refractivity contribution in [3.63, 3.8) is 0 Å². The van der Waals surface area contributed by atoms with Gasteiger partial charge in [0.05, 0.1) is 20.6 Å². The summed E-state index contributed by atoms with van der Waals surface area (Å²) in [7, 11) is 3.40. The molecule has 0 bridgehead atoms. The standard InChI is InChI=1S/C8H19NO/c1-4-5-6-7-8-9(2,3)10/h4-8H2,1-3H3. The number of hydrogen-bond donors (Lipinski definition) is 0. The van der Waals surface area contributed by atoms with Crippen molar-refractivity contribution >= 4 is 0 Å². The van der Waals surface area contributed by atoms with Gasteiger partial charge in [-0.15, -0.1) is 0 Å². The van der Waals surface area contributed by atoms with Gasteiger partial charge in [-0.2, -0.15) is 0 Å². The zero-order valence-electron chi connectivity index (χ0n) is 7.39. The van der Waals surface area contributed by atoms with Gasteiger partial charge in [0.2, 0.25) is 0 Å². The van der Waals surface area contributed by atoms with E-state index in [-0.39, 0.29) is 4.65 Å². The molecular weight excluding hydrogens is 126 g/mol. The molecular formula is C8H19NO. The fraction of sp³-hybridized carbons (Fsp3) is 1.00. The first kappa shape index (κ1) is 9.92. The first-order chi connectivity index (χ1) is 4.56. The first-order valence-corrected chi connectivity index (χ1v) is 4.10. The van der Waals surface area contributed by atoms with Gasteiger partial charge in [0, 0.05) is 0 Å². The van der Waals surface area contributed by atoms with E-state index in [1.54, 1.807) is 14.1 Å². The van der Waals surface area contributed by atoms with Crippen LogP contribution in [0.4, 0.5) is 0 Å². The van der Waals surface area contributed by atoms with E-state index in [4.69, 9.17) is 0 Å². The molecule has 0 saturated heterocycles. The van der Waals surface area contributed by atoms with Gasteiger partial charge in [0.25, 0.3) is 0 Å². The Labute approximate surface area is 64.0 Å². The predicted molar refractivity (Wildman–Crippen MR) is 44.5 cm³/mol. The molecule has 0 atom stereocenters. The van der Waals surface area contributed by atoms with Crippen LogP contribution in [0.1, 0.15) is 32.6 Å². The van der Waals surface area contributed by atoms with Crippen LogP contribution >= 0.6 is 0 Å². The van der Waals surface area contributed by atoms with Crippen LogP contribution < -0.4 is 0 Å². The Balaban J connectivity index is 3.04. The minimum atomic E-state index is -0.135. The minimum absolute atomic E-state index is 0.135. The van der Waals surface area contributed by atoms with Crippen LogP contribution in [0.2, 0.25) is 0 Å². The Morgan fingerprint density at radius 1 is 1.10 bits per heavy atom. The lowest BCUT2D eigenvalue weighted by molar-refractivity contribution is -0.840. The summed E-state index contributed by atoms with van der Waals surface area (Å²) < 4.78 is -0.135. The summed E-state index contributed by atoms with van der Waals surface area (Å²) in [5.74, 6) is 0. The molecule has 0 spiro atoms. The lowest BCUT2D eigenvalue weighted by Crippen LogP contribution is -2.32. The van der Waals surface area contributed by atoms with Crippen LogP contribution in [0, 0.1) is 5.21 Å². The van der Waals surface area contributed by atoms with E-state index in [0.29, 0.717) is 0 Å². The third-order valence-electron chi connectivity index (χ3n) is 1.55. The predicted octanol–water partition coefficient (Wildman–Crippen LogP) is 2.14. The number of hydrogen-bond acceptors (Lipinski definition) is 1. The molecule has 0 aliphatic carbocycles. The lowest BCUT2D eigenvalue weighted by atomic mass is 10.2. The highest BCUT2D eigenvalue weighted by Crippen LogP contribution is 2.02. The Kier molecular flexibility index (Phi) is 4.65. The molecule has 0 aliphatic rings. The van der Waals surface area contributed by atoms with Gasteiger partial charge in [-0.3, -0.25) is 0 Å². The highest BCUT2D eigenvalue weighted by Gasteiger charge is 1.99. The van der Waals surface area contributed by atoms with Crippen LogP contribution in [0.3, 0.4) is 0 Å². The number of nitrogens with zero attached hydrogens (tertiary/aromatic N) is 1. The van der Waals surface area contributed by atoms with Crippen LogP contribution in [-0.2, 0) is 0 Å². The van der Waals surface area contributed by atoms with Crippen LogP contribution in [0.15, 0.2) is 0 Å². The summed E-state index contributed by atoms with van der Waals surface area (Å²) in [6, 6.07) is 0. The molecule has 0 saturated carbocycles. The number of hydroxylamine groups is 3. The average Bonchev–Trinajstić information content (AvgIpc) is 1.78. The first-order valence-electron chi connectivity index (χ1n) is 4.10. The summed E-state index contributed by atoms with van der Waals surface area (Å²) >= 11 is 0. The second-order valence-corrected chi connectivity index (χ2v) is 3.36. The molecule has 2 nitrogen and oxygen atoms in total. The summed E-state index contributed by atoms with van der Waals surface area (Å²) in [5, 5.41) is 11.0. The van der Waals surface area contributed by atoms with E-state index >= 15 is 0 Å². The van der Waals surface area contributed by atoms with Gasteiger partial charge in [0.15, 0.2) is 0 Å². The highest BCUT2D eigenvalue weighted by atomic mass is 16.5. The fourth-order valence-corrected chi connectivity index (χ4v) is 0.919. The lowest BCUT2D eigenvalue weighted by Gasteiger charge is -2.33. The third-order valence-corrected chi connectivity index (χ3v) is 1.55. The normalized spacial score (nSPS) is 12.0. The quantitative estimate of drug-likeness (QED) is 0.330. The summed E-state index contributed by atoms with van der Waals surface area (Å²) in [6.45, 7) is 2.94. The number of unbranched alkanes of at least 4 members (excludes halogenated alkanes) is 3. The van der Waals surface area contributed by atoms with Crippen molar-refractivity contribution in [1.82, 2.24) is 0 Å². The average molecular weight is 145 g/mol. The summed E-state index contributed by atoms with van der Waals surface area (Å²) in [5.41, 5.74) is 0. The smallest absolute Gasteiger partial charge is 0.0779 e. The second-order valence-electron chi connectivity index (χ2n) is 3.36. The van der Waals surface area contributed by atoms with Crippen molar-refractivity contribution in [2.75, 3.05) is 20.6 Å². The molecule has 0 radical (unpaired) electrons. The van der Waals surface area contributed by atoms with E-state index in [9.17, 15) is 5.21 Å². The van der Waals surface area contributed by atoms with Crippen molar-refractivity contribution in [3.05, 3.63) is 5.21 Å². The minimum Gasteiger partial charge on any atom is -0.633 e. The largest absolute Gasteiger partial charge is 0.633 e. The van der Waals surface area contributed by atoms with Crippen LogP contribution in [0.25, 0.3) is 0 Å². The third kappa shape index (κ3) is 7.92. The van der Waals surface area contributed by atoms with Gasteiger partial charge in [-0.1, -0.05) is 19.8 Å². The second kappa shape index (κ2) is 4.69. The summed E-state index contributed by atoms with van der Waals surface area (Å²) in [4.78, 5) is 0. The van der Waals surface area contributed by atoms with Crippen molar-refractivity contribution in [1.29, 1.82) is 0 Å². The molecule has 0 unspecified atom stereocenters. The van der Waals surface area contributed by atoms with Gasteiger partial charge in [0.1, 0.15) is 0 Å². The van der Waals surface area contributed by atoms with Gasteiger partial charge in [-0.05, 0) is 12.8 Å². The molecule has 0 fully saturated rings. The van der Waals surface area contributed by atoms with Crippen molar-refractivity contribution < 1.29 is 4.65 Å². The Morgan fingerprint density at radius 2 is 1.70 bits per heavy atom. The topological polar surface area (TPSA) is 23.1 Å². The van der Waals surface area contributed by atoms with Gasteiger partial charge < -0.3 is 9.85 Å². The zero-order chi connectivity index (χ0) is 8.04. The van der Waals surface area contributed by atoms with E-state index in [2.05, 4.69) is 6.92 Å². The monoisotopic (exact) mass is 145 g/mol. The summed E-state index contributed by atoms with van der Waals surface area (Å²) in [6.07, 6.45) is 4.79. The Morgan fingerprint density at radius 3 is 2.10 bits per heavy atom. The molecule has 0 aromatic heterocycles. The van der Waals surface area contributed by atoms with Crippen molar-refractivity contribution in [3.8, 4) is 0 Å². The van der Waals surface area contributed by atoms with E-state index < -0.39 is 0 Å². The van der Waals surface area contributed by atoms with E-state index in [1.165, 1.54) is 19.3 Å². The van der Waals surface area contributed by atoms with E-state index in [1.807, 2.05) is 0 Å². The molecule has 62 valence electrons. The Bertz CT molecular complexity index is 75.8. The molecule has 10 heavy (non-hydrogen) atoms. The molecule has 2 heteroatoms. The molecule has 0 aliphatic heterocycles. The highest BCUT2D eigenvalue weighted by molar-refractivity contribution is 4.39. The maximum Gasteiger partial charge on any atom is 0.0779 e. The van der Waals surface area contributed by atoms with Crippen molar-refractivity contribution in [2.45, 2.75) is 32.6 Å². The Hall–Kier alpha value is -0.0800. The fourth-order valence-electron chi connectivity index (χ4n) is 0.919. The van der Waals surface area contributed by atoms with Crippen LogP contribution in [0.5, 0.6) is 0 Å². The zero-order valence-corrected chi connectivity index (χ0v) is 7.39. The molecule has 0 amide bonds. The number of quaternary nitrogens is 1. The van der Waals surface area contributed by atoms with Crippen LogP contribution in [-0.4, -0.2) is 25.3 Å². The molecule has 0 aromatic carbocycles. The SMILES string of the molecule is CCCCCC[N+](C)(C)[O-].